The van der Waals surface area contributed by atoms with E-state index < -0.39 is 0 Å². The van der Waals surface area contributed by atoms with Crippen LogP contribution in [0.3, 0.4) is 0 Å². The fraction of sp³-hybridized carbons (Fsp3) is 0.500. The van der Waals surface area contributed by atoms with Gasteiger partial charge in [0, 0.05) is 0 Å². The molecule has 74 valence electrons. The molecule has 14 heavy (non-hydrogen) atoms. The van der Waals surface area contributed by atoms with Gasteiger partial charge in [0.15, 0.2) is 0 Å². The smallest absolute Gasteiger partial charge is 0.289 e. The van der Waals surface area contributed by atoms with Crippen molar-refractivity contribution in [1.29, 1.82) is 0 Å². The first-order valence-electron chi connectivity index (χ1n) is 3.97. The summed E-state index contributed by atoms with van der Waals surface area (Å²) in [5.41, 5.74) is -0.750. The molecule has 0 aliphatic heterocycles. The molecule has 0 amide bonds. The number of carbonyl (C=O) groups excluding carboxylic acids is 4. The predicted molar refractivity (Wildman–Crippen MR) is 54.2 cm³/mol. The second kappa shape index (κ2) is 8.41. The van der Waals surface area contributed by atoms with Crippen LogP contribution in [-0.2, 0) is 19.2 Å². The highest BCUT2D eigenvalue weighted by atomic mass is 16.1. The van der Waals surface area contributed by atoms with Crippen LogP contribution in [-0.4, -0.2) is 37.3 Å². The maximum absolute atomic E-state index is 9.98. The molecule has 6 heteroatoms. The van der Waals surface area contributed by atoms with Gasteiger partial charge in [-0.2, -0.15) is 0 Å². The van der Waals surface area contributed by atoms with Crippen LogP contribution in [0.1, 0.15) is 27.7 Å². The van der Waals surface area contributed by atoms with Crippen molar-refractivity contribution in [2.75, 3.05) is 0 Å². The second-order valence-electron chi connectivity index (χ2n) is 2.73. The molecule has 0 saturated heterocycles. The van der Waals surface area contributed by atoms with E-state index >= 15 is 0 Å². The number of rotatable bonds is 4. The molecule has 0 bridgehead atoms. The molecule has 0 saturated carbocycles. The van der Waals surface area contributed by atoms with E-state index in [9.17, 15) is 19.2 Å². The topological polar surface area (TPSA) is 68.3 Å². The van der Waals surface area contributed by atoms with Crippen LogP contribution in [0.4, 0.5) is 0 Å². The fourth-order valence-electron chi connectivity index (χ4n) is 0.572. The molecule has 0 fully saturated rings. The van der Waals surface area contributed by atoms with Crippen LogP contribution in [0.15, 0.2) is 0 Å². The molecule has 0 aromatic heterocycles. The minimum atomic E-state index is -0.187. The lowest BCUT2D eigenvalue weighted by Gasteiger charge is -1.78. The van der Waals surface area contributed by atoms with Crippen molar-refractivity contribution in [1.82, 2.24) is 0 Å². The zero-order valence-corrected chi connectivity index (χ0v) is 8.79. The largest absolute Gasteiger partial charge is 0.312 e. The lowest BCUT2D eigenvalue weighted by Crippen LogP contribution is -2.12. The molecule has 0 unspecified atom stereocenters. The molecule has 4 nitrogen and oxygen atoms in total. The van der Waals surface area contributed by atoms with E-state index in [0.717, 1.165) is 14.6 Å². The van der Waals surface area contributed by atoms with Crippen LogP contribution < -0.4 is 0 Å². The van der Waals surface area contributed by atoms with Gasteiger partial charge in [0.1, 0.15) is 0 Å². The Hall–Kier alpha value is -1.19. The van der Waals surface area contributed by atoms with Crippen LogP contribution in [0.5, 0.6) is 0 Å². The van der Waals surface area contributed by atoms with Gasteiger partial charge in [-0.1, -0.05) is 0 Å². The van der Waals surface area contributed by atoms with Gasteiger partial charge in [-0.25, -0.2) is 0 Å². The fourth-order valence-corrected chi connectivity index (χ4v) is 0.572. The molecule has 0 aliphatic rings. The summed E-state index contributed by atoms with van der Waals surface area (Å²) >= 11 is 0. The molecule has 0 aromatic rings. The molecule has 0 heterocycles. The van der Waals surface area contributed by atoms with Gasteiger partial charge in [-0.05, 0) is 27.7 Å². The van der Waals surface area contributed by atoms with Crippen molar-refractivity contribution < 1.29 is 19.2 Å². The van der Waals surface area contributed by atoms with Crippen molar-refractivity contribution in [2.24, 2.45) is 0 Å². The monoisotopic (exact) mass is 194 g/mol. The van der Waals surface area contributed by atoms with Crippen LogP contribution >= 0.6 is 0 Å². The highest BCUT2D eigenvalue weighted by molar-refractivity contribution is 6.97. The van der Waals surface area contributed by atoms with Gasteiger partial charge < -0.3 is 19.2 Å². The number of hydrogen-bond donors (Lipinski definition) is 0. The van der Waals surface area contributed by atoms with E-state index in [-0.39, 0.29) is 22.7 Å². The summed E-state index contributed by atoms with van der Waals surface area (Å²) in [6, 6.07) is 0. The van der Waals surface area contributed by atoms with Crippen LogP contribution in [0, 0.1) is 0 Å². The Morgan fingerprint density at radius 3 is 0.714 bits per heavy atom. The number of hydrogen-bond acceptors (Lipinski definition) is 4. The van der Waals surface area contributed by atoms with E-state index in [0.29, 0.717) is 0 Å². The normalized spacial score (nSPS) is 7.71. The summed E-state index contributed by atoms with van der Waals surface area (Å²) in [6.07, 6.45) is 0. The summed E-state index contributed by atoms with van der Waals surface area (Å²) in [6.45, 7) is 5.39. The Balaban J connectivity index is 0. The molecule has 0 atom stereocenters. The van der Waals surface area contributed by atoms with Crippen LogP contribution in [0.2, 0.25) is 0 Å². The van der Waals surface area contributed by atoms with Crippen molar-refractivity contribution in [3.63, 3.8) is 0 Å². The summed E-state index contributed by atoms with van der Waals surface area (Å²) in [4.78, 5) is 39.9. The third-order valence-electron chi connectivity index (χ3n) is 0.813. The highest BCUT2D eigenvalue weighted by Gasteiger charge is 2.00. The standard InChI is InChI=1S/2C4H6BO2/c2*1-3(6)5-4(2)7/h2*1-2H3. The first kappa shape index (κ1) is 15.3. The lowest BCUT2D eigenvalue weighted by atomic mass is 9.70. The Labute approximate surface area is 84.9 Å². The van der Waals surface area contributed by atoms with E-state index in [1.165, 1.54) is 27.7 Å². The molecule has 0 spiro atoms. The van der Waals surface area contributed by atoms with Gasteiger partial charge in [0.25, 0.3) is 14.6 Å². The quantitative estimate of drug-likeness (QED) is 0.569. The maximum Gasteiger partial charge on any atom is 0.289 e. The minimum Gasteiger partial charge on any atom is -0.312 e. The predicted octanol–water partition coefficient (Wildman–Crippen LogP) is -0.433. The van der Waals surface area contributed by atoms with E-state index in [1.54, 1.807) is 0 Å². The first-order valence-corrected chi connectivity index (χ1v) is 3.97. The third kappa shape index (κ3) is 22.4. The minimum absolute atomic E-state index is 0.187. The van der Waals surface area contributed by atoms with Gasteiger partial charge in [-0.15, -0.1) is 0 Å². The van der Waals surface area contributed by atoms with Gasteiger partial charge in [-0.3, -0.25) is 0 Å². The lowest BCUT2D eigenvalue weighted by molar-refractivity contribution is -0.114. The van der Waals surface area contributed by atoms with Crippen molar-refractivity contribution in [3.05, 3.63) is 0 Å². The van der Waals surface area contributed by atoms with Gasteiger partial charge in [0.05, 0.1) is 22.7 Å². The maximum atomic E-state index is 9.98. The Morgan fingerprint density at radius 1 is 0.571 bits per heavy atom. The van der Waals surface area contributed by atoms with Crippen molar-refractivity contribution >= 4 is 37.3 Å². The van der Waals surface area contributed by atoms with E-state index in [2.05, 4.69) is 0 Å². The van der Waals surface area contributed by atoms with Crippen LogP contribution in [0.25, 0.3) is 0 Å². The van der Waals surface area contributed by atoms with E-state index in [1.807, 2.05) is 0 Å². The van der Waals surface area contributed by atoms with E-state index in [4.69, 9.17) is 0 Å². The highest BCUT2D eigenvalue weighted by Crippen LogP contribution is 1.66. The molecule has 2 radical (unpaired) electrons. The zero-order chi connectivity index (χ0) is 11.7. The average Bonchev–Trinajstić information content (AvgIpc) is 1.79. The Morgan fingerprint density at radius 2 is 0.714 bits per heavy atom. The first-order chi connectivity index (χ1) is 6.25. The van der Waals surface area contributed by atoms with Crippen molar-refractivity contribution in [2.45, 2.75) is 27.7 Å². The summed E-state index contributed by atoms with van der Waals surface area (Å²) in [7, 11) is 2.11. The Bertz CT molecular complexity index is 198. The molecular formula is C8H12B2O4. The average molecular weight is 194 g/mol. The Kier molecular flexibility index (Phi) is 9.18. The molecule has 0 aromatic carbocycles. The van der Waals surface area contributed by atoms with Gasteiger partial charge >= 0.3 is 0 Å². The molecule has 0 aliphatic carbocycles. The molecule has 0 N–H and O–H groups in total. The zero-order valence-electron chi connectivity index (χ0n) is 8.79. The van der Waals surface area contributed by atoms with Gasteiger partial charge in [0.2, 0.25) is 0 Å². The van der Waals surface area contributed by atoms with Crippen molar-refractivity contribution in [3.8, 4) is 0 Å². The summed E-state index contributed by atoms with van der Waals surface area (Å²) in [5, 5.41) is 0. The molecular weight excluding hydrogens is 182 g/mol. The SMILES string of the molecule is CC(=O)[B]C(C)=O.CC(=O)[B]C(C)=O. The third-order valence-corrected chi connectivity index (χ3v) is 0.813. The second-order valence-corrected chi connectivity index (χ2v) is 2.73. The summed E-state index contributed by atoms with van der Waals surface area (Å²) < 4.78 is 0. The molecule has 0 rings (SSSR count). The number of carbonyl (C=O) groups is 4. The summed E-state index contributed by atoms with van der Waals surface area (Å²) in [5.74, 6) is 0.